The summed E-state index contributed by atoms with van der Waals surface area (Å²) in [5.41, 5.74) is 2.76. The van der Waals surface area contributed by atoms with Crippen LogP contribution >= 0.6 is 0 Å². The first-order chi connectivity index (χ1) is 14.0. The second-order valence-electron chi connectivity index (χ2n) is 7.54. The molecule has 1 saturated heterocycles. The second kappa shape index (κ2) is 9.12. The van der Waals surface area contributed by atoms with Gasteiger partial charge in [-0.1, -0.05) is 35.9 Å². The monoisotopic (exact) mass is 394 g/mol. The van der Waals surface area contributed by atoms with E-state index in [4.69, 9.17) is 4.74 Å². The lowest BCUT2D eigenvalue weighted by molar-refractivity contribution is -0.135. The van der Waals surface area contributed by atoms with Crippen LogP contribution in [0.25, 0.3) is 0 Å². The summed E-state index contributed by atoms with van der Waals surface area (Å²) >= 11 is 0. The van der Waals surface area contributed by atoms with E-state index in [-0.39, 0.29) is 23.7 Å². The minimum Gasteiger partial charge on any atom is -0.496 e. The Morgan fingerprint density at radius 2 is 1.69 bits per heavy atom. The van der Waals surface area contributed by atoms with Gasteiger partial charge in [0, 0.05) is 37.7 Å². The maximum Gasteiger partial charge on any atom is 0.253 e. The molecule has 1 heterocycles. The van der Waals surface area contributed by atoms with Crippen LogP contribution < -0.4 is 4.74 Å². The molecule has 2 aromatic rings. The highest BCUT2D eigenvalue weighted by molar-refractivity contribution is 5.95. The highest BCUT2D eigenvalue weighted by Crippen LogP contribution is 2.39. The number of ether oxygens (including phenoxy) is 1. The molecule has 2 atom stereocenters. The van der Waals surface area contributed by atoms with E-state index < -0.39 is 0 Å². The molecule has 3 rings (SSSR count). The number of likely N-dealkylation sites (tertiary alicyclic amines) is 1. The second-order valence-corrected chi connectivity index (χ2v) is 7.54. The molecule has 5 heteroatoms. The van der Waals surface area contributed by atoms with Crippen LogP contribution in [0.2, 0.25) is 0 Å². The predicted molar refractivity (Wildman–Crippen MR) is 114 cm³/mol. The van der Waals surface area contributed by atoms with Gasteiger partial charge in [-0.3, -0.25) is 9.59 Å². The van der Waals surface area contributed by atoms with Crippen LogP contribution in [0.15, 0.2) is 48.5 Å². The van der Waals surface area contributed by atoms with Crippen molar-refractivity contribution in [3.63, 3.8) is 0 Å². The van der Waals surface area contributed by atoms with E-state index in [1.54, 1.807) is 7.11 Å². The molecule has 2 unspecified atom stereocenters. The van der Waals surface area contributed by atoms with E-state index in [9.17, 15) is 9.59 Å². The van der Waals surface area contributed by atoms with Crippen molar-refractivity contribution in [1.82, 2.24) is 9.80 Å². The molecule has 0 N–H and O–H groups in total. The molecule has 0 radical (unpaired) electrons. The number of carbonyl (C=O) groups excluding carboxylic acids is 2. The minimum atomic E-state index is -0.277. The van der Waals surface area contributed by atoms with Crippen molar-refractivity contribution in [3.8, 4) is 5.75 Å². The number of hydrogen-bond acceptors (Lipinski definition) is 3. The van der Waals surface area contributed by atoms with Gasteiger partial charge in [0.15, 0.2) is 0 Å². The molecule has 1 fully saturated rings. The summed E-state index contributed by atoms with van der Waals surface area (Å²) in [6.07, 6.45) is 0. The summed E-state index contributed by atoms with van der Waals surface area (Å²) in [5, 5.41) is 0. The number of rotatable bonds is 6. The van der Waals surface area contributed by atoms with Gasteiger partial charge in [-0.25, -0.2) is 0 Å². The SMILES string of the molecule is CCN(CC)C(=O)C1CN(C(=O)c2ccc(C)cc2)CC1c1ccccc1OC. The number of nitrogens with zero attached hydrogens (tertiary/aromatic N) is 2. The van der Waals surface area contributed by atoms with Crippen LogP contribution in [0, 0.1) is 12.8 Å². The Morgan fingerprint density at radius 1 is 1.03 bits per heavy atom. The summed E-state index contributed by atoms with van der Waals surface area (Å²) in [6, 6.07) is 15.4. The highest BCUT2D eigenvalue weighted by Gasteiger charge is 2.42. The third-order valence-corrected chi connectivity index (χ3v) is 5.84. The number of methoxy groups -OCH3 is 1. The molecular weight excluding hydrogens is 364 g/mol. The first kappa shape index (κ1) is 20.9. The Labute approximate surface area is 173 Å². The number of carbonyl (C=O) groups is 2. The number of benzene rings is 2. The highest BCUT2D eigenvalue weighted by atomic mass is 16.5. The average Bonchev–Trinajstić information content (AvgIpc) is 3.19. The number of para-hydroxylation sites is 1. The van der Waals surface area contributed by atoms with Crippen molar-refractivity contribution in [1.29, 1.82) is 0 Å². The standard InChI is InChI=1S/C24H30N2O3/c1-5-25(6-2)24(28)21-16-26(23(27)18-13-11-17(3)12-14-18)15-20(21)19-9-7-8-10-22(19)29-4/h7-14,20-21H,5-6,15-16H2,1-4H3. The van der Waals surface area contributed by atoms with Gasteiger partial charge in [0.05, 0.1) is 13.0 Å². The Kier molecular flexibility index (Phi) is 6.57. The predicted octanol–water partition coefficient (Wildman–Crippen LogP) is 3.73. The molecule has 0 aromatic heterocycles. The largest absolute Gasteiger partial charge is 0.496 e. The summed E-state index contributed by atoms with van der Waals surface area (Å²) in [4.78, 5) is 30.1. The quantitative estimate of drug-likeness (QED) is 0.750. The van der Waals surface area contributed by atoms with Gasteiger partial charge < -0.3 is 14.5 Å². The molecule has 0 aliphatic carbocycles. The summed E-state index contributed by atoms with van der Waals surface area (Å²) in [6.45, 7) is 8.23. The number of amides is 2. The fourth-order valence-electron chi connectivity index (χ4n) is 4.16. The Morgan fingerprint density at radius 3 is 2.31 bits per heavy atom. The van der Waals surface area contributed by atoms with Gasteiger partial charge in [0.1, 0.15) is 5.75 Å². The molecular formula is C24H30N2O3. The Hall–Kier alpha value is -2.82. The van der Waals surface area contributed by atoms with E-state index in [1.165, 1.54) is 0 Å². The topological polar surface area (TPSA) is 49.9 Å². The summed E-state index contributed by atoms with van der Waals surface area (Å²) in [5.74, 6) is 0.471. The summed E-state index contributed by atoms with van der Waals surface area (Å²) < 4.78 is 5.56. The Bertz CT molecular complexity index is 859. The third-order valence-electron chi connectivity index (χ3n) is 5.84. The summed E-state index contributed by atoms with van der Waals surface area (Å²) in [7, 11) is 1.64. The van der Waals surface area contributed by atoms with E-state index in [0.29, 0.717) is 31.7 Å². The van der Waals surface area contributed by atoms with Gasteiger partial charge in [0.25, 0.3) is 5.91 Å². The zero-order chi connectivity index (χ0) is 21.0. The van der Waals surface area contributed by atoms with Gasteiger partial charge in [-0.05, 0) is 44.5 Å². The molecule has 0 bridgehead atoms. The lowest BCUT2D eigenvalue weighted by Crippen LogP contribution is -2.39. The van der Waals surface area contributed by atoms with Crippen molar-refractivity contribution in [2.45, 2.75) is 26.7 Å². The smallest absolute Gasteiger partial charge is 0.253 e. The van der Waals surface area contributed by atoms with E-state index in [1.807, 2.05) is 79.1 Å². The maximum absolute atomic E-state index is 13.3. The number of hydrogen-bond donors (Lipinski definition) is 0. The van der Waals surface area contributed by atoms with Crippen molar-refractivity contribution >= 4 is 11.8 Å². The van der Waals surface area contributed by atoms with Crippen LogP contribution in [0.5, 0.6) is 5.75 Å². The zero-order valence-electron chi connectivity index (χ0n) is 17.7. The third kappa shape index (κ3) is 4.29. The average molecular weight is 395 g/mol. The fraction of sp³-hybridized carbons (Fsp3) is 0.417. The molecule has 2 amide bonds. The molecule has 1 aliphatic rings. The van der Waals surface area contributed by atoms with Crippen LogP contribution in [0.3, 0.4) is 0 Å². The molecule has 29 heavy (non-hydrogen) atoms. The van der Waals surface area contributed by atoms with Crippen molar-refractivity contribution in [2.24, 2.45) is 5.92 Å². The first-order valence-electron chi connectivity index (χ1n) is 10.3. The maximum atomic E-state index is 13.3. The normalized spacial score (nSPS) is 18.6. The molecule has 0 spiro atoms. The van der Waals surface area contributed by atoms with Gasteiger partial charge >= 0.3 is 0 Å². The van der Waals surface area contributed by atoms with E-state index in [2.05, 4.69) is 0 Å². The number of aryl methyl sites for hydroxylation is 1. The zero-order valence-corrected chi connectivity index (χ0v) is 17.7. The first-order valence-corrected chi connectivity index (χ1v) is 10.3. The molecule has 5 nitrogen and oxygen atoms in total. The molecule has 2 aromatic carbocycles. The molecule has 1 aliphatic heterocycles. The van der Waals surface area contributed by atoms with Crippen molar-refractivity contribution < 1.29 is 14.3 Å². The van der Waals surface area contributed by atoms with Crippen molar-refractivity contribution in [3.05, 3.63) is 65.2 Å². The van der Waals surface area contributed by atoms with Crippen LogP contribution in [-0.4, -0.2) is 54.9 Å². The van der Waals surface area contributed by atoms with Crippen molar-refractivity contribution in [2.75, 3.05) is 33.3 Å². The van der Waals surface area contributed by atoms with Crippen LogP contribution in [0.1, 0.15) is 41.3 Å². The van der Waals surface area contributed by atoms with Gasteiger partial charge in [0.2, 0.25) is 5.91 Å². The Balaban J connectivity index is 1.94. The van der Waals surface area contributed by atoms with Gasteiger partial charge in [-0.15, -0.1) is 0 Å². The van der Waals surface area contributed by atoms with Gasteiger partial charge in [-0.2, -0.15) is 0 Å². The van der Waals surface area contributed by atoms with E-state index >= 15 is 0 Å². The fourth-order valence-corrected chi connectivity index (χ4v) is 4.16. The van der Waals surface area contributed by atoms with Crippen LogP contribution in [-0.2, 0) is 4.79 Å². The molecule has 154 valence electrons. The van der Waals surface area contributed by atoms with Crippen LogP contribution in [0.4, 0.5) is 0 Å². The lowest BCUT2D eigenvalue weighted by Gasteiger charge is -2.26. The van der Waals surface area contributed by atoms with E-state index in [0.717, 1.165) is 16.9 Å². The lowest BCUT2D eigenvalue weighted by atomic mass is 9.87. The molecule has 0 saturated carbocycles. The minimum absolute atomic E-state index is 0.0280.